The molecule has 1 aliphatic carbocycles. The lowest BCUT2D eigenvalue weighted by molar-refractivity contribution is 0.166. The molecule has 3 rings (SSSR count). The lowest BCUT2D eigenvalue weighted by atomic mass is 9.75. The number of guanidine groups is 1. The topological polar surface area (TPSA) is 65.7 Å². The van der Waals surface area contributed by atoms with Crippen LogP contribution in [0.5, 0.6) is 0 Å². The number of nitrogens with zero attached hydrogens (tertiary/aromatic N) is 3. The van der Waals surface area contributed by atoms with Gasteiger partial charge in [0.15, 0.2) is 5.96 Å². The first-order valence-corrected chi connectivity index (χ1v) is 11.5. The summed E-state index contributed by atoms with van der Waals surface area (Å²) in [6.45, 7) is 15.8. The van der Waals surface area contributed by atoms with E-state index in [1.54, 1.807) is 0 Å². The van der Waals surface area contributed by atoms with Crippen LogP contribution in [-0.4, -0.2) is 48.1 Å². The molecule has 1 aromatic heterocycles. The highest BCUT2D eigenvalue weighted by molar-refractivity contribution is 5.80. The molecule has 0 bridgehead atoms. The van der Waals surface area contributed by atoms with Crippen LogP contribution >= 0.6 is 0 Å². The minimum Gasteiger partial charge on any atom is -0.444 e. The molecule has 2 N–H and O–H groups in total. The van der Waals surface area contributed by atoms with Gasteiger partial charge >= 0.3 is 0 Å². The molecule has 6 heteroatoms. The summed E-state index contributed by atoms with van der Waals surface area (Å²) in [4.78, 5) is 11.9. The number of aromatic nitrogens is 1. The molecule has 1 saturated carbocycles. The van der Waals surface area contributed by atoms with E-state index in [-0.39, 0.29) is 0 Å². The van der Waals surface area contributed by atoms with Crippen LogP contribution in [-0.2, 0) is 6.54 Å². The summed E-state index contributed by atoms with van der Waals surface area (Å²) in [5, 5.41) is 7.14. The van der Waals surface area contributed by atoms with Gasteiger partial charge in [0.05, 0.1) is 12.2 Å². The minimum atomic E-state index is 0.504. The number of rotatable bonds is 6. The normalized spacial score (nSPS) is 22.0. The molecular formula is C23H41N5O. The molecule has 29 heavy (non-hydrogen) atoms. The van der Waals surface area contributed by atoms with Gasteiger partial charge < -0.3 is 15.1 Å². The highest BCUT2D eigenvalue weighted by Gasteiger charge is 2.27. The highest BCUT2D eigenvalue weighted by Crippen LogP contribution is 2.34. The predicted octanol–water partition coefficient (Wildman–Crippen LogP) is 4.03. The van der Waals surface area contributed by atoms with Gasteiger partial charge in [-0.2, -0.15) is 0 Å². The maximum absolute atomic E-state index is 5.74. The van der Waals surface area contributed by atoms with Gasteiger partial charge in [0.2, 0.25) is 5.89 Å². The van der Waals surface area contributed by atoms with E-state index in [0.717, 1.165) is 56.0 Å². The molecule has 2 heterocycles. The number of oxazole rings is 1. The summed E-state index contributed by atoms with van der Waals surface area (Å²) >= 11 is 0. The monoisotopic (exact) mass is 403 g/mol. The summed E-state index contributed by atoms with van der Waals surface area (Å²) < 4.78 is 5.74. The SMILES string of the molecule is CCNC(=NCC1CCN(Cc2nc(C)c(C)o2)CC1)NC1CCC(C)(C)CC1. The van der Waals surface area contributed by atoms with Crippen molar-refractivity contribution in [3.8, 4) is 0 Å². The van der Waals surface area contributed by atoms with Gasteiger partial charge in [0.1, 0.15) is 5.76 Å². The lowest BCUT2D eigenvalue weighted by Crippen LogP contribution is -2.46. The molecule has 0 spiro atoms. The first-order chi connectivity index (χ1) is 13.8. The zero-order chi connectivity index (χ0) is 20.9. The second-order valence-corrected chi connectivity index (χ2v) is 9.77. The van der Waals surface area contributed by atoms with Crippen molar-refractivity contribution in [1.29, 1.82) is 0 Å². The fourth-order valence-electron chi connectivity index (χ4n) is 4.40. The fraction of sp³-hybridized carbons (Fsp3) is 0.826. The van der Waals surface area contributed by atoms with E-state index in [9.17, 15) is 0 Å². The van der Waals surface area contributed by atoms with E-state index in [4.69, 9.17) is 9.41 Å². The van der Waals surface area contributed by atoms with E-state index in [1.165, 1.54) is 38.5 Å². The molecule has 0 radical (unpaired) electrons. The first-order valence-electron chi connectivity index (χ1n) is 11.5. The van der Waals surface area contributed by atoms with Crippen molar-refractivity contribution >= 4 is 5.96 Å². The van der Waals surface area contributed by atoms with Crippen molar-refractivity contribution in [2.75, 3.05) is 26.2 Å². The van der Waals surface area contributed by atoms with E-state index >= 15 is 0 Å². The number of nitrogens with one attached hydrogen (secondary N) is 2. The Bertz CT molecular complexity index is 643. The van der Waals surface area contributed by atoms with Crippen LogP contribution in [0.2, 0.25) is 0 Å². The van der Waals surface area contributed by atoms with Crippen molar-refractivity contribution in [2.24, 2.45) is 16.3 Å². The Labute approximate surface area is 176 Å². The number of hydrogen-bond acceptors (Lipinski definition) is 4. The molecule has 6 nitrogen and oxygen atoms in total. The molecule has 0 atom stereocenters. The molecule has 1 aromatic rings. The molecule has 2 aliphatic rings. The second-order valence-electron chi connectivity index (χ2n) is 9.77. The number of hydrogen-bond donors (Lipinski definition) is 2. The highest BCUT2D eigenvalue weighted by atomic mass is 16.4. The molecule has 2 fully saturated rings. The van der Waals surface area contributed by atoms with Crippen LogP contribution in [0.3, 0.4) is 0 Å². The molecule has 164 valence electrons. The van der Waals surface area contributed by atoms with E-state index in [0.29, 0.717) is 17.4 Å². The Balaban J connectivity index is 1.43. The molecule has 0 unspecified atom stereocenters. The second kappa shape index (κ2) is 9.96. The summed E-state index contributed by atoms with van der Waals surface area (Å²) in [5.41, 5.74) is 1.51. The number of aryl methyl sites for hydroxylation is 2. The molecular weight excluding hydrogens is 362 g/mol. The van der Waals surface area contributed by atoms with Crippen molar-refractivity contribution in [3.05, 3.63) is 17.3 Å². The van der Waals surface area contributed by atoms with Gasteiger partial charge in [-0.05, 0) is 83.7 Å². The lowest BCUT2D eigenvalue weighted by Gasteiger charge is -2.35. The smallest absolute Gasteiger partial charge is 0.208 e. The molecule has 1 saturated heterocycles. The van der Waals surface area contributed by atoms with Crippen LogP contribution in [0.4, 0.5) is 0 Å². The Morgan fingerprint density at radius 3 is 2.45 bits per heavy atom. The predicted molar refractivity (Wildman–Crippen MR) is 119 cm³/mol. The summed E-state index contributed by atoms with van der Waals surface area (Å²) in [6, 6.07) is 0.565. The Kier molecular flexibility index (Phi) is 7.60. The summed E-state index contributed by atoms with van der Waals surface area (Å²) in [7, 11) is 0. The van der Waals surface area contributed by atoms with Crippen LogP contribution in [0, 0.1) is 25.2 Å². The Hall–Kier alpha value is -1.56. The van der Waals surface area contributed by atoms with Gasteiger partial charge in [0.25, 0.3) is 0 Å². The zero-order valence-electron chi connectivity index (χ0n) is 19.2. The van der Waals surface area contributed by atoms with Crippen molar-refractivity contribution in [3.63, 3.8) is 0 Å². The van der Waals surface area contributed by atoms with Gasteiger partial charge in [-0.3, -0.25) is 9.89 Å². The molecule has 0 aromatic carbocycles. The summed E-state index contributed by atoms with van der Waals surface area (Å²) in [5.74, 6) is 3.46. The Morgan fingerprint density at radius 2 is 1.86 bits per heavy atom. The molecule has 1 aliphatic heterocycles. The maximum atomic E-state index is 5.74. The van der Waals surface area contributed by atoms with Crippen LogP contribution < -0.4 is 10.6 Å². The van der Waals surface area contributed by atoms with E-state index in [2.05, 4.69) is 41.3 Å². The Morgan fingerprint density at radius 1 is 1.17 bits per heavy atom. The van der Waals surface area contributed by atoms with Crippen LogP contribution in [0.25, 0.3) is 0 Å². The zero-order valence-corrected chi connectivity index (χ0v) is 19.2. The average Bonchev–Trinajstić information content (AvgIpc) is 3.00. The first kappa shape index (κ1) is 22.1. The summed E-state index contributed by atoms with van der Waals surface area (Å²) in [6.07, 6.45) is 7.47. The standard InChI is InChI=1S/C23H41N5O/c1-6-24-22(27-20-7-11-23(4,5)12-8-20)25-15-19-9-13-28(14-10-19)16-21-26-17(2)18(3)29-21/h19-20H,6-16H2,1-5H3,(H2,24,25,27). The van der Waals surface area contributed by atoms with Crippen LogP contribution in [0.1, 0.15) is 76.6 Å². The number of likely N-dealkylation sites (tertiary alicyclic amines) is 1. The largest absolute Gasteiger partial charge is 0.444 e. The van der Waals surface area contributed by atoms with Gasteiger partial charge in [-0.15, -0.1) is 0 Å². The molecule has 0 amide bonds. The van der Waals surface area contributed by atoms with Gasteiger partial charge in [0, 0.05) is 19.1 Å². The fourth-order valence-corrected chi connectivity index (χ4v) is 4.40. The number of aliphatic imine (C=N–C) groups is 1. The van der Waals surface area contributed by atoms with E-state index < -0.39 is 0 Å². The third kappa shape index (κ3) is 6.73. The minimum absolute atomic E-state index is 0.504. The quantitative estimate of drug-likeness (QED) is 0.555. The van der Waals surface area contributed by atoms with Crippen molar-refractivity contribution in [1.82, 2.24) is 20.5 Å². The van der Waals surface area contributed by atoms with Gasteiger partial charge in [-0.25, -0.2) is 4.98 Å². The van der Waals surface area contributed by atoms with Gasteiger partial charge in [-0.1, -0.05) is 13.8 Å². The van der Waals surface area contributed by atoms with Crippen LogP contribution in [0.15, 0.2) is 9.41 Å². The third-order valence-corrected chi connectivity index (χ3v) is 6.67. The van der Waals surface area contributed by atoms with Crippen molar-refractivity contribution in [2.45, 2.75) is 85.7 Å². The number of piperidine rings is 1. The average molecular weight is 404 g/mol. The third-order valence-electron chi connectivity index (χ3n) is 6.67. The van der Waals surface area contributed by atoms with Crippen molar-refractivity contribution < 1.29 is 4.42 Å². The maximum Gasteiger partial charge on any atom is 0.208 e. The van der Waals surface area contributed by atoms with E-state index in [1.807, 2.05) is 13.8 Å².